The fraction of sp³-hybridized carbons (Fsp3) is 0.333. The topological polar surface area (TPSA) is 63.6 Å². The molecule has 1 N–H and O–H groups in total. The zero-order valence-electron chi connectivity index (χ0n) is 9.59. The van der Waals surface area contributed by atoms with Gasteiger partial charge >= 0.3 is 29.6 Å². The van der Waals surface area contributed by atoms with Crippen LogP contribution in [-0.2, 0) is 10.1 Å². The molecule has 1 aromatic carbocycles. The molecule has 15 heavy (non-hydrogen) atoms. The van der Waals surface area contributed by atoms with Crippen molar-refractivity contribution in [2.75, 3.05) is 12.4 Å². The first-order valence-corrected chi connectivity index (χ1v) is 5.82. The first-order valence-electron chi connectivity index (χ1n) is 4.21. The molecule has 0 radical (unpaired) electrons. The predicted octanol–water partition coefficient (Wildman–Crippen LogP) is -1.54. The number of ether oxygens (including phenoxy) is 1. The van der Waals surface area contributed by atoms with Crippen molar-refractivity contribution in [2.24, 2.45) is 0 Å². The second-order valence-electron chi connectivity index (χ2n) is 2.80. The largest absolute Gasteiger partial charge is 1.00 e. The Hall–Kier alpha value is -0.0700. The molecule has 1 aromatic rings. The quantitative estimate of drug-likeness (QED) is 0.385. The van der Waals surface area contributed by atoms with Gasteiger partial charge in [-0.25, -0.2) is 0 Å². The summed E-state index contributed by atoms with van der Waals surface area (Å²) in [5.74, 6) is 0.433. The van der Waals surface area contributed by atoms with Gasteiger partial charge in [-0.3, -0.25) is 4.55 Å². The van der Waals surface area contributed by atoms with E-state index < -0.39 is 10.1 Å². The van der Waals surface area contributed by atoms with Gasteiger partial charge in [-0.2, -0.15) is 8.42 Å². The van der Waals surface area contributed by atoms with E-state index in [1.165, 1.54) is 0 Å². The number of benzene rings is 1. The standard InChI is InChI=1S/C9H12O4S.Na.H/c10-14(11,12)8-4-7-13-9-5-2-1-3-6-9;;/h1-3,5-6H,4,7-8H2,(H,10,11,12);;/q;+1;-1. The number of hydrogen-bond donors (Lipinski definition) is 1. The molecule has 4 nitrogen and oxygen atoms in total. The summed E-state index contributed by atoms with van der Waals surface area (Å²) in [6, 6.07) is 9.10. The van der Waals surface area contributed by atoms with Crippen LogP contribution in [0.2, 0.25) is 0 Å². The summed E-state index contributed by atoms with van der Waals surface area (Å²) in [5, 5.41) is 0. The van der Waals surface area contributed by atoms with Crippen molar-refractivity contribution in [3.05, 3.63) is 30.3 Å². The van der Waals surface area contributed by atoms with Crippen LogP contribution in [0, 0.1) is 0 Å². The number of rotatable bonds is 5. The Morgan fingerprint density at radius 2 is 1.87 bits per heavy atom. The van der Waals surface area contributed by atoms with E-state index in [0.29, 0.717) is 5.75 Å². The monoisotopic (exact) mass is 240 g/mol. The zero-order chi connectivity index (χ0) is 10.4. The minimum Gasteiger partial charge on any atom is -1.00 e. The second-order valence-corrected chi connectivity index (χ2v) is 4.37. The third-order valence-electron chi connectivity index (χ3n) is 1.56. The molecule has 80 valence electrons. The number of para-hydroxylation sites is 1. The molecule has 0 spiro atoms. The van der Waals surface area contributed by atoms with E-state index in [1.807, 2.05) is 18.2 Å². The van der Waals surface area contributed by atoms with E-state index in [-0.39, 0.29) is 49.8 Å². The summed E-state index contributed by atoms with van der Waals surface area (Å²) in [4.78, 5) is 0. The Labute approximate surface area is 113 Å². The third kappa shape index (κ3) is 7.81. The molecule has 6 heteroatoms. The van der Waals surface area contributed by atoms with Crippen LogP contribution < -0.4 is 34.3 Å². The van der Waals surface area contributed by atoms with Crippen LogP contribution in [0.5, 0.6) is 5.75 Å². The first kappa shape index (κ1) is 14.9. The summed E-state index contributed by atoms with van der Waals surface area (Å²) in [6.07, 6.45) is 0.285. The van der Waals surface area contributed by atoms with Gasteiger partial charge < -0.3 is 6.16 Å². The molecule has 0 fully saturated rings. The van der Waals surface area contributed by atoms with Crippen molar-refractivity contribution < 1.29 is 48.7 Å². The molecule has 0 unspecified atom stereocenters. The maximum absolute atomic E-state index is 10.3. The molecule has 0 bridgehead atoms. The van der Waals surface area contributed by atoms with E-state index >= 15 is 0 Å². The van der Waals surface area contributed by atoms with Crippen LogP contribution in [0.15, 0.2) is 30.3 Å². The molecule has 0 aromatic heterocycles. The average Bonchev–Trinajstić information content (AvgIpc) is 2.13. The van der Waals surface area contributed by atoms with Crippen molar-refractivity contribution in [3.63, 3.8) is 0 Å². The molecular weight excluding hydrogens is 227 g/mol. The third-order valence-corrected chi connectivity index (χ3v) is 2.36. The van der Waals surface area contributed by atoms with Crippen LogP contribution in [0.1, 0.15) is 7.85 Å². The van der Waals surface area contributed by atoms with Crippen LogP contribution in [0.25, 0.3) is 0 Å². The molecule has 0 atom stereocenters. The van der Waals surface area contributed by atoms with Gasteiger partial charge in [-0.05, 0) is 18.6 Å². The minimum absolute atomic E-state index is 0. The van der Waals surface area contributed by atoms with Crippen molar-refractivity contribution in [1.82, 2.24) is 0 Å². The van der Waals surface area contributed by atoms with Gasteiger partial charge in [0.15, 0.2) is 0 Å². The number of hydrogen-bond acceptors (Lipinski definition) is 3. The smallest absolute Gasteiger partial charge is 1.00 e. The van der Waals surface area contributed by atoms with Crippen LogP contribution in [-0.4, -0.2) is 25.3 Å². The van der Waals surface area contributed by atoms with Crippen molar-refractivity contribution >= 4 is 10.1 Å². The average molecular weight is 240 g/mol. The Morgan fingerprint density at radius 1 is 1.27 bits per heavy atom. The van der Waals surface area contributed by atoms with Crippen LogP contribution in [0.3, 0.4) is 0 Å². The Kier molecular flexibility index (Phi) is 7.21. The van der Waals surface area contributed by atoms with Crippen molar-refractivity contribution in [2.45, 2.75) is 6.42 Å². The Balaban J connectivity index is 0. The maximum Gasteiger partial charge on any atom is 1.00 e. The normalized spacial score (nSPS) is 10.5. The van der Waals surface area contributed by atoms with Gasteiger partial charge in [-0.1, -0.05) is 18.2 Å². The first-order chi connectivity index (χ1) is 6.58. The summed E-state index contributed by atoms with van der Waals surface area (Å²) in [6.45, 7) is 0.282. The molecule has 1 rings (SSSR count). The van der Waals surface area contributed by atoms with E-state index in [2.05, 4.69) is 0 Å². The zero-order valence-corrected chi connectivity index (χ0v) is 11.4. The summed E-state index contributed by atoms with van der Waals surface area (Å²) < 4.78 is 34.3. The van der Waals surface area contributed by atoms with E-state index in [0.717, 1.165) is 0 Å². The maximum atomic E-state index is 10.3. The molecule has 0 aliphatic carbocycles. The molecule has 0 aliphatic rings. The van der Waals surface area contributed by atoms with Gasteiger partial charge in [-0.15, -0.1) is 0 Å². The van der Waals surface area contributed by atoms with E-state index in [9.17, 15) is 8.42 Å². The van der Waals surface area contributed by atoms with Crippen molar-refractivity contribution in [1.29, 1.82) is 0 Å². The SMILES string of the molecule is O=S(=O)(O)CCCOc1ccccc1.[H-].[Na+]. The molecule has 0 heterocycles. The van der Waals surface area contributed by atoms with Crippen LogP contribution >= 0.6 is 0 Å². The van der Waals surface area contributed by atoms with Crippen LogP contribution in [0.4, 0.5) is 0 Å². The molecule has 0 saturated heterocycles. The molecule has 0 amide bonds. The van der Waals surface area contributed by atoms with Gasteiger partial charge in [0, 0.05) is 0 Å². The molecule has 0 aliphatic heterocycles. The fourth-order valence-electron chi connectivity index (χ4n) is 0.948. The molecular formula is C9H13NaO4S. The predicted molar refractivity (Wildman–Crippen MR) is 54.1 cm³/mol. The summed E-state index contributed by atoms with van der Waals surface area (Å²) in [5.41, 5.74) is 0. The van der Waals surface area contributed by atoms with Crippen molar-refractivity contribution in [3.8, 4) is 5.75 Å². The summed E-state index contributed by atoms with van der Waals surface area (Å²) in [7, 11) is -3.86. The summed E-state index contributed by atoms with van der Waals surface area (Å²) >= 11 is 0. The van der Waals surface area contributed by atoms with Gasteiger partial charge in [0.1, 0.15) is 5.75 Å². The van der Waals surface area contributed by atoms with E-state index in [1.54, 1.807) is 12.1 Å². The van der Waals surface area contributed by atoms with E-state index in [4.69, 9.17) is 9.29 Å². The van der Waals surface area contributed by atoms with Gasteiger partial charge in [0.2, 0.25) is 0 Å². The Bertz CT molecular complexity index is 368. The Morgan fingerprint density at radius 3 is 2.40 bits per heavy atom. The van der Waals surface area contributed by atoms with Gasteiger partial charge in [0.25, 0.3) is 10.1 Å². The molecule has 0 saturated carbocycles. The van der Waals surface area contributed by atoms with Gasteiger partial charge in [0.05, 0.1) is 12.4 Å². The fourth-order valence-corrected chi connectivity index (χ4v) is 1.43. The minimum atomic E-state index is -3.86. The second kappa shape index (κ2) is 7.24.